The Kier molecular flexibility index (Phi) is 2.33. The molecule has 0 aliphatic heterocycles. The van der Waals surface area contributed by atoms with Crippen LogP contribution in [-0.2, 0) is 6.54 Å². The second-order valence-electron chi connectivity index (χ2n) is 4.18. The number of hydrogen-bond donors (Lipinski definition) is 2. The smallest absolute Gasteiger partial charge is 0.105 e. The van der Waals surface area contributed by atoms with Crippen LogP contribution in [0, 0.1) is 12.8 Å². The third kappa shape index (κ3) is 1.67. The van der Waals surface area contributed by atoms with Crippen molar-refractivity contribution in [3.63, 3.8) is 0 Å². The Balaban J connectivity index is 2.11. The van der Waals surface area contributed by atoms with Crippen molar-refractivity contribution in [2.45, 2.75) is 31.9 Å². The fourth-order valence-electron chi connectivity index (χ4n) is 1.85. The quantitative estimate of drug-likeness (QED) is 0.726. The van der Waals surface area contributed by atoms with E-state index in [1.807, 2.05) is 17.7 Å². The molecule has 78 valence electrons. The summed E-state index contributed by atoms with van der Waals surface area (Å²) in [6, 6.07) is 0. The van der Waals surface area contributed by atoms with Crippen LogP contribution in [0.3, 0.4) is 0 Å². The van der Waals surface area contributed by atoms with E-state index in [2.05, 4.69) is 4.98 Å². The number of aryl methyl sites for hydroxylation is 1. The minimum absolute atomic E-state index is 0.329. The summed E-state index contributed by atoms with van der Waals surface area (Å²) >= 11 is 0. The molecule has 1 heterocycles. The maximum atomic E-state index is 10.3. The fourth-order valence-corrected chi connectivity index (χ4v) is 1.85. The fraction of sp³-hybridized carbons (Fsp3) is 0.700. The van der Waals surface area contributed by atoms with Crippen molar-refractivity contribution < 1.29 is 5.11 Å². The highest BCUT2D eigenvalue weighted by atomic mass is 16.3. The lowest BCUT2D eigenvalue weighted by molar-refractivity contribution is 0.00887. The molecule has 0 bridgehead atoms. The number of rotatable bonds is 4. The van der Waals surface area contributed by atoms with Crippen molar-refractivity contribution in [3.8, 4) is 0 Å². The van der Waals surface area contributed by atoms with Gasteiger partial charge in [0, 0.05) is 18.9 Å². The second kappa shape index (κ2) is 3.37. The van der Waals surface area contributed by atoms with Gasteiger partial charge in [-0.2, -0.15) is 0 Å². The minimum Gasteiger partial charge on any atom is -0.386 e. The molecular weight excluding hydrogens is 178 g/mol. The Morgan fingerprint density at radius 1 is 1.71 bits per heavy atom. The van der Waals surface area contributed by atoms with E-state index in [0.29, 0.717) is 19.0 Å². The van der Waals surface area contributed by atoms with Gasteiger partial charge < -0.3 is 15.4 Å². The van der Waals surface area contributed by atoms with Gasteiger partial charge in [0.05, 0.1) is 12.1 Å². The summed E-state index contributed by atoms with van der Waals surface area (Å²) in [5.74, 6) is 1.31. The highest BCUT2D eigenvalue weighted by molar-refractivity contribution is 4.99. The highest BCUT2D eigenvalue weighted by Crippen LogP contribution is 2.40. The average molecular weight is 195 g/mol. The largest absolute Gasteiger partial charge is 0.386 e. The van der Waals surface area contributed by atoms with Crippen LogP contribution in [-0.4, -0.2) is 26.8 Å². The zero-order valence-electron chi connectivity index (χ0n) is 8.48. The number of imidazole rings is 1. The molecule has 2 rings (SSSR count). The molecule has 0 saturated heterocycles. The minimum atomic E-state index is -0.731. The Morgan fingerprint density at radius 2 is 2.43 bits per heavy atom. The molecule has 14 heavy (non-hydrogen) atoms. The van der Waals surface area contributed by atoms with E-state index in [1.54, 1.807) is 6.20 Å². The number of aliphatic hydroxyl groups is 1. The molecule has 0 aromatic carbocycles. The van der Waals surface area contributed by atoms with Gasteiger partial charge in [0.2, 0.25) is 0 Å². The summed E-state index contributed by atoms with van der Waals surface area (Å²) < 4.78 is 1.96. The Morgan fingerprint density at radius 3 is 2.86 bits per heavy atom. The predicted octanol–water partition coefficient (Wildman–Crippen LogP) is 0.291. The molecule has 0 amide bonds. The predicted molar refractivity (Wildman–Crippen MR) is 53.7 cm³/mol. The first-order valence-electron chi connectivity index (χ1n) is 5.06. The molecule has 3 N–H and O–H groups in total. The standard InChI is InChI=1S/C10H17N3O/c1-8-12-4-5-13(8)7-10(14,6-11)9-2-3-9/h4-5,9,14H,2-3,6-7,11H2,1H3. The molecule has 1 aromatic heterocycles. The molecule has 4 heteroatoms. The van der Waals surface area contributed by atoms with E-state index in [0.717, 1.165) is 18.7 Å². The Labute approximate surface area is 83.8 Å². The van der Waals surface area contributed by atoms with Gasteiger partial charge in [0.15, 0.2) is 0 Å². The van der Waals surface area contributed by atoms with Gasteiger partial charge >= 0.3 is 0 Å². The van der Waals surface area contributed by atoms with Gasteiger partial charge in [-0.1, -0.05) is 0 Å². The molecule has 0 spiro atoms. The van der Waals surface area contributed by atoms with Gasteiger partial charge in [-0.05, 0) is 25.7 Å². The van der Waals surface area contributed by atoms with Crippen molar-refractivity contribution >= 4 is 0 Å². The summed E-state index contributed by atoms with van der Waals surface area (Å²) in [7, 11) is 0. The second-order valence-corrected chi connectivity index (χ2v) is 4.18. The van der Waals surface area contributed by atoms with Crippen molar-refractivity contribution in [1.82, 2.24) is 9.55 Å². The normalized spacial score (nSPS) is 20.8. The Bertz CT molecular complexity index is 319. The lowest BCUT2D eigenvalue weighted by atomic mass is 9.98. The lowest BCUT2D eigenvalue weighted by Crippen LogP contribution is -2.44. The van der Waals surface area contributed by atoms with Gasteiger partial charge in [-0.3, -0.25) is 0 Å². The average Bonchev–Trinajstić information content (AvgIpc) is 2.95. The van der Waals surface area contributed by atoms with Crippen molar-refractivity contribution in [2.24, 2.45) is 11.7 Å². The van der Waals surface area contributed by atoms with E-state index in [4.69, 9.17) is 5.73 Å². The first-order valence-corrected chi connectivity index (χ1v) is 5.06. The summed E-state index contributed by atoms with van der Waals surface area (Å²) in [5.41, 5.74) is 4.90. The van der Waals surface area contributed by atoms with Crippen molar-refractivity contribution in [2.75, 3.05) is 6.54 Å². The summed E-state index contributed by atoms with van der Waals surface area (Å²) in [4.78, 5) is 4.13. The van der Waals surface area contributed by atoms with Crippen LogP contribution in [0.1, 0.15) is 18.7 Å². The van der Waals surface area contributed by atoms with Gasteiger partial charge in [-0.25, -0.2) is 4.98 Å². The number of nitrogens with zero attached hydrogens (tertiary/aromatic N) is 2. The monoisotopic (exact) mass is 195 g/mol. The third-order valence-electron chi connectivity index (χ3n) is 3.06. The van der Waals surface area contributed by atoms with E-state index in [-0.39, 0.29) is 0 Å². The van der Waals surface area contributed by atoms with E-state index in [1.165, 1.54) is 0 Å². The van der Waals surface area contributed by atoms with E-state index in [9.17, 15) is 5.11 Å². The number of nitrogens with two attached hydrogens (primary N) is 1. The summed E-state index contributed by atoms with van der Waals surface area (Å²) in [5, 5.41) is 10.3. The molecular formula is C10H17N3O. The SMILES string of the molecule is Cc1nccn1CC(O)(CN)C1CC1. The first kappa shape index (κ1) is 9.68. The van der Waals surface area contributed by atoms with Crippen LogP contribution in [0.15, 0.2) is 12.4 Å². The molecule has 0 radical (unpaired) electrons. The number of aromatic nitrogens is 2. The summed E-state index contributed by atoms with van der Waals surface area (Å²) in [6.45, 7) is 2.83. The highest BCUT2D eigenvalue weighted by Gasteiger charge is 2.43. The van der Waals surface area contributed by atoms with E-state index >= 15 is 0 Å². The topological polar surface area (TPSA) is 64.1 Å². The lowest BCUT2D eigenvalue weighted by Gasteiger charge is -2.27. The van der Waals surface area contributed by atoms with Crippen molar-refractivity contribution in [1.29, 1.82) is 0 Å². The van der Waals surface area contributed by atoms with Crippen LogP contribution in [0.4, 0.5) is 0 Å². The maximum Gasteiger partial charge on any atom is 0.105 e. The van der Waals surface area contributed by atoms with Crippen LogP contribution < -0.4 is 5.73 Å². The molecule has 1 aliphatic carbocycles. The molecule has 1 unspecified atom stereocenters. The van der Waals surface area contributed by atoms with Crippen LogP contribution in [0.25, 0.3) is 0 Å². The zero-order chi connectivity index (χ0) is 10.2. The van der Waals surface area contributed by atoms with Gasteiger partial charge in [-0.15, -0.1) is 0 Å². The van der Waals surface area contributed by atoms with Gasteiger partial charge in [0.1, 0.15) is 5.82 Å². The number of hydrogen-bond acceptors (Lipinski definition) is 3. The van der Waals surface area contributed by atoms with Crippen molar-refractivity contribution in [3.05, 3.63) is 18.2 Å². The van der Waals surface area contributed by atoms with Crippen LogP contribution in [0.2, 0.25) is 0 Å². The molecule has 4 nitrogen and oxygen atoms in total. The van der Waals surface area contributed by atoms with Crippen LogP contribution in [0.5, 0.6) is 0 Å². The van der Waals surface area contributed by atoms with E-state index < -0.39 is 5.60 Å². The summed E-state index contributed by atoms with van der Waals surface area (Å²) in [6.07, 6.45) is 5.83. The van der Waals surface area contributed by atoms with Crippen LogP contribution >= 0.6 is 0 Å². The first-order chi connectivity index (χ1) is 6.65. The molecule has 1 aromatic rings. The molecule has 1 fully saturated rings. The Hall–Kier alpha value is -0.870. The van der Waals surface area contributed by atoms with Gasteiger partial charge in [0.25, 0.3) is 0 Å². The molecule has 1 aliphatic rings. The maximum absolute atomic E-state index is 10.3. The third-order valence-corrected chi connectivity index (χ3v) is 3.06. The molecule has 1 atom stereocenters. The zero-order valence-corrected chi connectivity index (χ0v) is 8.48. The molecule has 1 saturated carbocycles.